The smallest absolute Gasteiger partial charge is 0.226 e. The first-order valence-corrected chi connectivity index (χ1v) is 7.85. The molecule has 8 heteroatoms. The molecule has 0 unspecified atom stereocenters. The average Bonchev–Trinajstić information content (AvgIpc) is 2.86. The van der Waals surface area contributed by atoms with E-state index < -0.39 is 5.43 Å². The summed E-state index contributed by atoms with van der Waals surface area (Å²) < 4.78 is 5.91. The lowest BCUT2D eigenvalue weighted by molar-refractivity contribution is 0.419. The number of aromatic nitrogens is 2. The van der Waals surface area contributed by atoms with Crippen molar-refractivity contribution in [1.82, 2.24) is 10.2 Å². The van der Waals surface area contributed by atoms with E-state index in [-0.39, 0.29) is 5.75 Å². The molecule has 6 nitrogen and oxygen atoms in total. The van der Waals surface area contributed by atoms with Gasteiger partial charge in [0.2, 0.25) is 10.6 Å². The normalized spacial score (nSPS) is 10.9. The van der Waals surface area contributed by atoms with Crippen molar-refractivity contribution in [2.75, 3.05) is 11.9 Å². The third kappa shape index (κ3) is 4.24. The topological polar surface area (TPSA) is 88.2 Å². The summed E-state index contributed by atoms with van der Waals surface area (Å²) in [5.74, 6) is 1.12. The Balaban J connectivity index is 1.90. The Labute approximate surface area is 124 Å². The first-order valence-electron chi connectivity index (χ1n) is 6.05. The molecule has 0 saturated heterocycles. The summed E-state index contributed by atoms with van der Waals surface area (Å²) in [6.45, 7) is 5.10. The molecule has 2 rings (SSSR count). The van der Waals surface area contributed by atoms with Gasteiger partial charge in [0.1, 0.15) is 12.0 Å². The zero-order valence-corrected chi connectivity index (χ0v) is 12.8. The van der Waals surface area contributed by atoms with Crippen LogP contribution in [-0.4, -0.2) is 21.8 Å². The van der Waals surface area contributed by atoms with E-state index in [1.54, 1.807) is 0 Å². The summed E-state index contributed by atoms with van der Waals surface area (Å²) in [4.78, 5) is 11.2. The molecule has 0 radical (unpaired) electrons. The summed E-state index contributed by atoms with van der Waals surface area (Å²) in [7, 11) is 0. The SMILES string of the molecule is CC(C)CNc1nnc(SCc2cc(=O)c(O)co2)s1. The fourth-order valence-corrected chi connectivity index (χ4v) is 2.93. The second-order valence-corrected chi connectivity index (χ2v) is 6.73. The number of nitrogens with zero attached hydrogens (tertiary/aromatic N) is 2. The molecule has 0 amide bonds. The largest absolute Gasteiger partial charge is 0.502 e. The lowest BCUT2D eigenvalue weighted by Gasteiger charge is -2.03. The van der Waals surface area contributed by atoms with Gasteiger partial charge in [-0.2, -0.15) is 0 Å². The summed E-state index contributed by atoms with van der Waals surface area (Å²) in [6.07, 6.45) is 1.05. The molecule has 0 aliphatic heterocycles. The van der Waals surface area contributed by atoms with E-state index in [1.807, 2.05) is 0 Å². The zero-order valence-electron chi connectivity index (χ0n) is 11.1. The molecule has 0 bridgehead atoms. The molecule has 0 fully saturated rings. The monoisotopic (exact) mass is 313 g/mol. The Kier molecular flexibility index (Phi) is 5.02. The van der Waals surface area contributed by atoms with Crippen molar-refractivity contribution in [3.05, 3.63) is 28.3 Å². The fraction of sp³-hybridized carbons (Fsp3) is 0.417. The van der Waals surface area contributed by atoms with Crippen molar-refractivity contribution in [1.29, 1.82) is 0 Å². The summed E-state index contributed by atoms with van der Waals surface area (Å²) >= 11 is 2.90. The van der Waals surface area contributed by atoms with Gasteiger partial charge in [-0.15, -0.1) is 10.2 Å². The molecule has 0 aromatic carbocycles. The lowest BCUT2D eigenvalue weighted by atomic mass is 10.2. The summed E-state index contributed by atoms with van der Waals surface area (Å²) in [5, 5.41) is 21.2. The molecule has 2 heterocycles. The van der Waals surface area contributed by atoms with E-state index in [9.17, 15) is 4.79 Å². The van der Waals surface area contributed by atoms with Crippen LogP contribution >= 0.6 is 23.1 Å². The van der Waals surface area contributed by atoms with E-state index in [1.165, 1.54) is 29.2 Å². The van der Waals surface area contributed by atoms with Gasteiger partial charge in [-0.25, -0.2) is 0 Å². The van der Waals surface area contributed by atoms with Crippen LogP contribution in [0.2, 0.25) is 0 Å². The minimum Gasteiger partial charge on any atom is -0.502 e. The molecule has 20 heavy (non-hydrogen) atoms. The third-order valence-corrected chi connectivity index (χ3v) is 4.31. The van der Waals surface area contributed by atoms with Gasteiger partial charge in [-0.05, 0) is 5.92 Å². The van der Waals surface area contributed by atoms with E-state index in [0.717, 1.165) is 22.3 Å². The van der Waals surface area contributed by atoms with Gasteiger partial charge in [0.15, 0.2) is 10.1 Å². The molecule has 2 N–H and O–H groups in total. The quantitative estimate of drug-likeness (QED) is 0.792. The third-order valence-electron chi connectivity index (χ3n) is 2.27. The van der Waals surface area contributed by atoms with Gasteiger partial charge in [0.25, 0.3) is 0 Å². The standard InChI is InChI=1S/C12H15N3O3S2/c1-7(2)4-13-11-14-15-12(20-11)19-6-8-3-9(16)10(17)5-18-8/h3,5,7,17H,4,6H2,1-2H3,(H,13,14). The van der Waals surface area contributed by atoms with Crippen molar-refractivity contribution < 1.29 is 9.52 Å². The molecule has 0 saturated carbocycles. The molecular weight excluding hydrogens is 298 g/mol. The second-order valence-electron chi connectivity index (χ2n) is 4.53. The Morgan fingerprint density at radius 2 is 2.30 bits per heavy atom. The summed E-state index contributed by atoms with van der Waals surface area (Å²) in [6, 6.07) is 1.28. The van der Waals surface area contributed by atoms with Crippen LogP contribution in [0.5, 0.6) is 5.75 Å². The lowest BCUT2D eigenvalue weighted by Crippen LogP contribution is -2.07. The highest BCUT2D eigenvalue weighted by molar-refractivity contribution is 8.00. The van der Waals surface area contributed by atoms with Crippen molar-refractivity contribution in [3.8, 4) is 5.75 Å². The van der Waals surface area contributed by atoms with Crippen LogP contribution in [0.4, 0.5) is 5.13 Å². The number of anilines is 1. The molecule has 108 valence electrons. The van der Waals surface area contributed by atoms with Gasteiger partial charge >= 0.3 is 0 Å². The van der Waals surface area contributed by atoms with Crippen LogP contribution in [0, 0.1) is 5.92 Å². The minimum absolute atomic E-state index is 0.380. The number of aromatic hydroxyl groups is 1. The van der Waals surface area contributed by atoms with Gasteiger partial charge in [0.05, 0.1) is 5.75 Å². The molecular formula is C12H15N3O3S2. The highest BCUT2D eigenvalue weighted by atomic mass is 32.2. The Bertz CT molecular complexity index is 624. The van der Waals surface area contributed by atoms with Crippen LogP contribution < -0.4 is 10.7 Å². The maximum absolute atomic E-state index is 11.2. The van der Waals surface area contributed by atoms with Crippen molar-refractivity contribution in [2.24, 2.45) is 5.92 Å². The Hall–Kier alpha value is -1.54. The predicted molar refractivity (Wildman–Crippen MR) is 79.4 cm³/mol. The molecule has 0 aliphatic carbocycles. The van der Waals surface area contributed by atoms with E-state index in [2.05, 4.69) is 29.4 Å². The van der Waals surface area contributed by atoms with Gasteiger partial charge < -0.3 is 14.8 Å². The predicted octanol–water partition coefficient (Wildman–Crippen LogP) is 2.56. The number of hydrogen-bond acceptors (Lipinski definition) is 8. The zero-order chi connectivity index (χ0) is 14.5. The maximum atomic E-state index is 11.2. The highest BCUT2D eigenvalue weighted by Gasteiger charge is 2.07. The molecule has 0 aliphatic rings. The Morgan fingerprint density at radius 1 is 1.50 bits per heavy atom. The van der Waals surface area contributed by atoms with Crippen LogP contribution in [0.3, 0.4) is 0 Å². The second kappa shape index (κ2) is 6.76. The van der Waals surface area contributed by atoms with E-state index in [4.69, 9.17) is 9.52 Å². The van der Waals surface area contributed by atoms with Gasteiger partial charge in [0, 0.05) is 12.6 Å². The van der Waals surface area contributed by atoms with E-state index in [0.29, 0.717) is 17.4 Å². The number of thioether (sulfide) groups is 1. The Morgan fingerprint density at radius 3 is 3.00 bits per heavy atom. The molecule has 0 spiro atoms. The van der Waals surface area contributed by atoms with Crippen LogP contribution in [0.1, 0.15) is 19.6 Å². The highest BCUT2D eigenvalue weighted by Crippen LogP contribution is 2.28. The first-order chi connectivity index (χ1) is 9.54. The number of nitrogens with one attached hydrogen (secondary N) is 1. The molecule has 2 aromatic heterocycles. The van der Waals surface area contributed by atoms with Gasteiger partial charge in [-0.3, -0.25) is 4.79 Å². The maximum Gasteiger partial charge on any atom is 0.226 e. The fourth-order valence-electron chi connectivity index (χ4n) is 1.28. The van der Waals surface area contributed by atoms with Crippen molar-refractivity contribution >= 4 is 28.2 Å². The van der Waals surface area contributed by atoms with Crippen LogP contribution in [0.15, 0.2) is 25.9 Å². The minimum atomic E-state index is -0.441. The van der Waals surface area contributed by atoms with Gasteiger partial charge in [-0.1, -0.05) is 36.9 Å². The number of hydrogen-bond donors (Lipinski definition) is 2. The number of rotatable bonds is 6. The average molecular weight is 313 g/mol. The van der Waals surface area contributed by atoms with Crippen molar-refractivity contribution in [3.63, 3.8) is 0 Å². The van der Waals surface area contributed by atoms with E-state index >= 15 is 0 Å². The summed E-state index contributed by atoms with van der Waals surface area (Å²) in [5.41, 5.74) is -0.441. The molecule has 2 aromatic rings. The molecule has 0 atom stereocenters. The van der Waals surface area contributed by atoms with Crippen LogP contribution in [0.25, 0.3) is 0 Å². The van der Waals surface area contributed by atoms with Crippen molar-refractivity contribution in [2.45, 2.75) is 23.9 Å². The van der Waals surface area contributed by atoms with Crippen LogP contribution in [-0.2, 0) is 5.75 Å². The first kappa shape index (κ1) is 14.9.